The van der Waals surface area contributed by atoms with Crippen LogP contribution in [-0.4, -0.2) is 25.5 Å². The Morgan fingerprint density at radius 1 is 1.10 bits per heavy atom. The summed E-state index contributed by atoms with van der Waals surface area (Å²) in [6.07, 6.45) is 0.899. The maximum atomic E-state index is 11.4. The third kappa shape index (κ3) is 2.23. The van der Waals surface area contributed by atoms with Crippen molar-refractivity contribution in [3.8, 4) is 11.5 Å². The number of nitrogens with zero attached hydrogens (tertiary/aromatic N) is 1. The number of methoxy groups -OCH3 is 2. The van der Waals surface area contributed by atoms with Crippen LogP contribution in [0.25, 0.3) is 0 Å². The third-order valence-corrected chi connectivity index (χ3v) is 3.88. The highest BCUT2D eigenvalue weighted by Gasteiger charge is 2.32. The molecule has 0 radical (unpaired) electrons. The largest absolute Gasteiger partial charge is 0.493 e. The lowest BCUT2D eigenvalue weighted by Gasteiger charge is -2.21. The van der Waals surface area contributed by atoms with E-state index in [4.69, 9.17) is 9.47 Å². The van der Waals surface area contributed by atoms with Gasteiger partial charge in [0.05, 0.1) is 20.3 Å². The highest BCUT2D eigenvalue weighted by Crippen LogP contribution is 2.42. The van der Waals surface area contributed by atoms with E-state index in [9.17, 15) is 4.79 Å². The SMILES string of the molecule is COc1cc2c(cc1OC)C(c1ccccc1)N(C=O)C2. The summed E-state index contributed by atoms with van der Waals surface area (Å²) >= 11 is 0. The van der Waals surface area contributed by atoms with Gasteiger partial charge in [-0.05, 0) is 28.8 Å². The Hall–Kier alpha value is -2.49. The highest BCUT2D eigenvalue weighted by molar-refractivity contribution is 5.59. The van der Waals surface area contributed by atoms with E-state index in [1.165, 1.54) is 0 Å². The quantitative estimate of drug-likeness (QED) is 0.810. The predicted octanol–water partition coefficient (Wildman–Crippen LogP) is 2.77. The minimum Gasteiger partial charge on any atom is -0.493 e. The van der Waals surface area contributed by atoms with Gasteiger partial charge < -0.3 is 14.4 Å². The lowest BCUT2D eigenvalue weighted by Crippen LogP contribution is -2.20. The number of carbonyl (C=O) groups is 1. The molecule has 2 aromatic rings. The van der Waals surface area contributed by atoms with Gasteiger partial charge >= 0.3 is 0 Å². The maximum absolute atomic E-state index is 11.4. The van der Waals surface area contributed by atoms with E-state index >= 15 is 0 Å². The van der Waals surface area contributed by atoms with Crippen LogP contribution in [0.4, 0.5) is 0 Å². The topological polar surface area (TPSA) is 38.8 Å². The number of amides is 1. The van der Waals surface area contributed by atoms with Gasteiger partial charge in [0.2, 0.25) is 6.41 Å². The first-order valence-electron chi connectivity index (χ1n) is 6.79. The summed E-state index contributed by atoms with van der Waals surface area (Å²) in [4.78, 5) is 13.2. The summed E-state index contributed by atoms with van der Waals surface area (Å²) in [5, 5.41) is 0. The summed E-state index contributed by atoms with van der Waals surface area (Å²) in [5.41, 5.74) is 3.27. The Morgan fingerprint density at radius 3 is 2.38 bits per heavy atom. The van der Waals surface area contributed by atoms with Gasteiger partial charge in [-0.3, -0.25) is 4.79 Å². The van der Waals surface area contributed by atoms with E-state index in [-0.39, 0.29) is 6.04 Å². The lowest BCUT2D eigenvalue weighted by atomic mass is 9.97. The lowest BCUT2D eigenvalue weighted by molar-refractivity contribution is -0.119. The van der Waals surface area contributed by atoms with Gasteiger partial charge in [-0.25, -0.2) is 0 Å². The van der Waals surface area contributed by atoms with Crippen LogP contribution in [0.15, 0.2) is 42.5 Å². The van der Waals surface area contributed by atoms with Crippen molar-refractivity contribution in [2.24, 2.45) is 0 Å². The minimum absolute atomic E-state index is 0.0708. The number of benzene rings is 2. The average molecular weight is 283 g/mol. The summed E-state index contributed by atoms with van der Waals surface area (Å²) in [7, 11) is 3.24. The normalized spacial score (nSPS) is 16.5. The standard InChI is InChI=1S/C17H17NO3/c1-20-15-8-13-10-18(11-19)17(12-6-4-3-5-7-12)14(13)9-16(15)21-2/h3-9,11,17H,10H2,1-2H3. The molecule has 0 fully saturated rings. The molecule has 4 nitrogen and oxygen atoms in total. The molecule has 0 bridgehead atoms. The molecule has 1 unspecified atom stereocenters. The molecule has 4 heteroatoms. The number of hydrogen-bond acceptors (Lipinski definition) is 3. The fourth-order valence-electron chi connectivity index (χ4n) is 2.90. The fourth-order valence-corrected chi connectivity index (χ4v) is 2.90. The molecule has 0 N–H and O–H groups in total. The molecule has 0 aliphatic carbocycles. The van der Waals surface area contributed by atoms with Crippen molar-refractivity contribution in [3.63, 3.8) is 0 Å². The van der Waals surface area contributed by atoms with Crippen molar-refractivity contribution in [1.29, 1.82) is 0 Å². The number of ether oxygens (including phenoxy) is 2. The minimum atomic E-state index is -0.0708. The van der Waals surface area contributed by atoms with Crippen LogP contribution >= 0.6 is 0 Å². The maximum Gasteiger partial charge on any atom is 0.210 e. The molecule has 0 saturated carbocycles. The van der Waals surface area contributed by atoms with Crippen LogP contribution in [0.2, 0.25) is 0 Å². The van der Waals surface area contributed by atoms with Gasteiger partial charge in [-0.2, -0.15) is 0 Å². The Bertz CT molecular complexity index is 655. The third-order valence-electron chi connectivity index (χ3n) is 3.88. The molecule has 1 aliphatic rings. The second-order valence-corrected chi connectivity index (χ2v) is 5.00. The molecule has 108 valence electrons. The fraction of sp³-hybridized carbons (Fsp3) is 0.235. The molecule has 21 heavy (non-hydrogen) atoms. The Kier molecular flexibility index (Phi) is 3.52. The van der Waals surface area contributed by atoms with Gasteiger partial charge in [-0.1, -0.05) is 30.3 Å². The molecule has 0 aromatic heterocycles. The summed E-state index contributed by atoms with van der Waals surface area (Å²) in [6, 6.07) is 13.9. The monoisotopic (exact) mass is 283 g/mol. The van der Waals surface area contributed by atoms with Crippen LogP contribution in [0.1, 0.15) is 22.7 Å². The second kappa shape index (κ2) is 5.48. The Labute approximate surface area is 123 Å². The average Bonchev–Trinajstić information content (AvgIpc) is 2.91. The van der Waals surface area contributed by atoms with E-state index in [2.05, 4.69) is 0 Å². The van der Waals surface area contributed by atoms with E-state index < -0.39 is 0 Å². The second-order valence-electron chi connectivity index (χ2n) is 5.00. The molecule has 1 aliphatic heterocycles. The van der Waals surface area contributed by atoms with Gasteiger partial charge in [0.25, 0.3) is 0 Å². The smallest absolute Gasteiger partial charge is 0.210 e. The zero-order chi connectivity index (χ0) is 14.8. The summed E-state index contributed by atoms with van der Waals surface area (Å²) < 4.78 is 10.7. The van der Waals surface area contributed by atoms with Crippen molar-refractivity contribution < 1.29 is 14.3 Å². The predicted molar refractivity (Wildman–Crippen MR) is 79.4 cm³/mol. The van der Waals surface area contributed by atoms with Crippen LogP contribution in [-0.2, 0) is 11.3 Å². The first-order valence-corrected chi connectivity index (χ1v) is 6.79. The van der Waals surface area contributed by atoms with Crippen molar-refractivity contribution in [1.82, 2.24) is 4.90 Å². The Morgan fingerprint density at radius 2 is 1.76 bits per heavy atom. The first-order chi connectivity index (χ1) is 10.3. The Balaban J connectivity index is 2.13. The molecular formula is C17H17NO3. The van der Waals surface area contributed by atoms with Gasteiger partial charge in [-0.15, -0.1) is 0 Å². The summed E-state index contributed by atoms with van der Waals surface area (Å²) in [6.45, 7) is 0.582. The summed E-state index contributed by atoms with van der Waals surface area (Å²) in [5.74, 6) is 1.38. The number of fused-ring (bicyclic) bond motifs is 1. The van der Waals surface area contributed by atoms with E-state index in [1.807, 2.05) is 42.5 Å². The number of carbonyl (C=O) groups excluding carboxylic acids is 1. The van der Waals surface area contributed by atoms with Crippen molar-refractivity contribution in [3.05, 3.63) is 59.2 Å². The molecule has 0 saturated heterocycles. The van der Waals surface area contributed by atoms with Crippen LogP contribution in [0.5, 0.6) is 11.5 Å². The van der Waals surface area contributed by atoms with Crippen molar-refractivity contribution in [2.75, 3.05) is 14.2 Å². The zero-order valence-electron chi connectivity index (χ0n) is 12.1. The number of rotatable bonds is 4. The first kappa shape index (κ1) is 13.5. The molecule has 0 spiro atoms. The van der Waals surface area contributed by atoms with Gasteiger partial charge in [0.1, 0.15) is 0 Å². The van der Waals surface area contributed by atoms with Crippen molar-refractivity contribution >= 4 is 6.41 Å². The molecule has 1 amide bonds. The van der Waals surface area contributed by atoms with Gasteiger partial charge in [0.15, 0.2) is 11.5 Å². The molecular weight excluding hydrogens is 266 g/mol. The van der Waals surface area contributed by atoms with Crippen LogP contribution < -0.4 is 9.47 Å². The van der Waals surface area contributed by atoms with Crippen molar-refractivity contribution in [2.45, 2.75) is 12.6 Å². The molecule has 1 heterocycles. The van der Waals surface area contributed by atoms with Crippen LogP contribution in [0.3, 0.4) is 0 Å². The van der Waals surface area contributed by atoms with Gasteiger partial charge in [0, 0.05) is 6.54 Å². The highest BCUT2D eigenvalue weighted by atomic mass is 16.5. The zero-order valence-corrected chi connectivity index (χ0v) is 12.1. The van der Waals surface area contributed by atoms with E-state index in [1.54, 1.807) is 19.1 Å². The van der Waals surface area contributed by atoms with E-state index in [0.717, 1.165) is 23.1 Å². The van der Waals surface area contributed by atoms with E-state index in [0.29, 0.717) is 18.0 Å². The van der Waals surface area contributed by atoms with Crippen LogP contribution in [0, 0.1) is 0 Å². The number of hydrogen-bond donors (Lipinski definition) is 0. The molecule has 1 atom stereocenters. The molecule has 3 rings (SSSR count). The molecule has 2 aromatic carbocycles.